The van der Waals surface area contributed by atoms with Crippen LogP contribution in [-0.2, 0) is 16.1 Å². The normalized spacial score (nSPS) is 17.2. The van der Waals surface area contributed by atoms with E-state index in [1.54, 1.807) is 18.2 Å². The van der Waals surface area contributed by atoms with Gasteiger partial charge in [0.1, 0.15) is 11.9 Å². The van der Waals surface area contributed by atoms with Crippen LogP contribution in [0.4, 0.5) is 10.1 Å². The maximum atomic E-state index is 13.4. The van der Waals surface area contributed by atoms with Crippen molar-refractivity contribution in [3.63, 3.8) is 0 Å². The van der Waals surface area contributed by atoms with Crippen molar-refractivity contribution >= 4 is 23.3 Å². The molecular formula is C28H28FN3O3. The van der Waals surface area contributed by atoms with Crippen LogP contribution < -0.4 is 5.32 Å². The lowest BCUT2D eigenvalue weighted by Gasteiger charge is -2.24. The molecule has 7 heteroatoms. The number of likely N-dealkylation sites (tertiary alicyclic amines) is 1. The van der Waals surface area contributed by atoms with E-state index in [-0.39, 0.29) is 17.8 Å². The fraction of sp³-hybridized carbons (Fsp3) is 0.250. The summed E-state index contributed by atoms with van der Waals surface area (Å²) in [4.78, 5) is 31.5. The summed E-state index contributed by atoms with van der Waals surface area (Å²) in [7, 11) is 0. The van der Waals surface area contributed by atoms with Gasteiger partial charge in [-0.1, -0.05) is 60.7 Å². The van der Waals surface area contributed by atoms with Gasteiger partial charge in [-0.05, 0) is 50.1 Å². The van der Waals surface area contributed by atoms with Crippen LogP contribution in [0.15, 0.2) is 83.9 Å². The van der Waals surface area contributed by atoms with Gasteiger partial charge in [0, 0.05) is 17.7 Å². The molecule has 1 fully saturated rings. The number of aliphatic carboxylic acids is 1. The van der Waals surface area contributed by atoms with Crippen LogP contribution in [0.5, 0.6) is 0 Å². The number of nitrogens with zero attached hydrogens (tertiary/aromatic N) is 2. The lowest BCUT2D eigenvalue weighted by atomic mass is 9.99. The number of benzene rings is 3. The van der Waals surface area contributed by atoms with Crippen LogP contribution in [0.25, 0.3) is 0 Å². The van der Waals surface area contributed by atoms with E-state index in [1.807, 2.05) is 48.5 Å². The van der Waals surface area contributed by atoms with Gasteiger partial charge >= 0.3 is 5.97 Å². The third-order valence-electron chi connectivity index (χ3n) is 6.13. The number of amides is 1. The second kappa shape index (κ2) is 11.1. The Kier molecular flexibility index (Phi) is 7.67. The SMILES string of the molecule is C[C@H](N=C(c1ccccc1)c1ccccc1NC(=O)[C@@H]1CCCN1Cc1ccc(F)cc1)C(=O)O. The highest BCUT2D eigenvalue weighted by Crippen LogP contribution is 2.25. The molecule has 1 aliphatic heterocycles. The molecule has 0 aliphatic carbocycles. The van der Waals surface area contributed by atoms with E-state index in [9.17, 15) is 19.1 Å². The average molecular weight is 474 g/mol. The molecule has 1 heterocycles. The van der Waals surface area contributed by atoms with Crippen molar-refractivity contribution in [1.29, 1.82) is 0 Å². The molecule has 3 aromatic rings. The van der Waals surface area contributed by atoms with Crippen LogP contribution >= 0.6 is 0 Å². The number of anilines is 1. The molecule has 2 atom stereocenters. The Hall–Kier alpha value is -3.84. The summed E-state index contributed by atoms with van der Waals surface area (Å²) in [5.74, 6) is -1.44. The second-order valence-electron chi connectivity index (χ2n) is 8.65. The summed E-state index contributed by atoms with van der Waals surface area (Å²) in [6.07, 6.45) is 1.62. The van der Waals surface area contributed by atoms with Crippen molar-refractivity contribution in [3.05, 3.63) is 101 Å². The van der Waals surface area contributed by atoms with Gasteiger partial charge < -0.3 is 10.4 Å². The number of para-hydroxylation sites is 1. The van der Waals surface area contributed by atoms with Crippen molar-refractivity contribution in [2.75, 3.05) is 11.9 Å². The van der Waals surface area contributed by atoms with Gasteiger partial charge in [-0.3, -0.25) is 14.7 Å². The highest BCUT2D eigenvalue weighted by molar-refractivity contribution is 6.17. The highest BCUT2D eigenvalue weighted by atomic mass is 19.1. The monoisotopic (exact) mass is 473 g/mol. The number of nitrogens with one attached hydrogen (secondary N) is 1. The summed E-state index contributed by atoms with van der Waals surface area (Å²) < 4.78 is 13.3. The number of hydrogen-bond donors (Lipinski definition) is 2. The van der Waals surface area contributed by atoms with Gasteiger partial charge in [-0.15, -0.1) is 0 Å². The van der Waals surface area contributed by atoms with E-state index in [4.69, 9.17) is 0 Å². The minimum atomic E-state index is -1.03. The van der Waals surface area contributed by atoms with Crippen molar-refractivity contribution in [2.24, 2.45) is 4.99 Å². The smallest absolute Gasteiger partial charge is 0.328 e. The molecule has 1 saturated heterocycles. The molecule has 2 N–H and O–H groups in total. The third-order valence-corrected chi connectivity index (χ3v) is 6.13. The van der Waals surface area contributed by atoms with Gasteiger partial charge in [0.25, 0.3) is 0 Å². The Labute approximate surface area is 204 Å². The van der Waals surface area contributed by atoms with Gasteiger partial charge in [0.15, 0.2) is 0 Å². The predicted octanol–water partition coefficient (Wildman–Crippen LogP) is 4.74. The summed E-state index contributed by atoms with van der Waals surface area (Å²) in [6.45, 7) is 2.87. The number of carbonyl (C=O) groups excluding carboxylic acids is 1. The van der Waals surface area contributed by atoms with Crippen LogP contribution in [-0.4, -0.2) is 46.2 Å². The molecule has 0 aromatic heterocycles. The first-order chi connectivity index (χ1) is 16.9. The van der Waals surface area contributed by atoms with Gasteiger partial charge in [-0.25, -0.2) is 9.18 Å². The minimum Gasteiger partial charge on any atom is -0.480 e. The fourth-order valence-corrected chi connectivity index (χ4v) is 4.30. The number of carbonyl (C=O) groups is 2. The molecule has 6 nitrogen and oxygen atoms in total. The zero-order valence-corrected chi connectivity index (χ0v) is 19.5. The summed E-state index contributed by atoms with van der Waals surface area (Å²) in [5.41, 5.74) is 3.45. The van der Waals surface area contributed by atoms with Crippen molar-refractivity contribution < 1.29 is 19.1 Å². The van der Waals surface area contributed by atoms with E-state index >= 15 is 0 Å². The summed E-state index contributed by atoms with van der Waals surface area (Å²) >= 11 is 0. The van der Waals surface area contributed by atoms with Crippen molar-refractivity contribution in [3.8, 4) is 0 Å². The molecule has 3 aromatic carbocycles. The largest absolute Gasteiger partial charge is 0.480 e. The maximum absolute atomic E-state index is 13.4. The molecule has 0 unspecified atom stereocenters. The quantitative estimate of drug-likeness (QED) is 0.463. The van der Waals surface area contributed by atoms with Crippen molar-refractivity contribution in [2.45, 2.75) is 38.4 Å². The Morgan fingerprint density at radius 3 is 2.46 bits per heavy atom. The fourth-order valence-electron chi connectivity index (χ4n) is 4.30. The molecule has 0 spiro atoms. The Bertz CT molecular complexity index is 1210. The second-order valence-corrected chi connectivity index (χ2v) is 8.65. The average Bonchev–Trinajstić information content (AvgIpc) is 3.33. The third kappa shape index (κ3) is 6.00. The van der Waals surface area contributed by atoms with E-state index in [0.717, 1.165) is 30.5 Å². The molecule has 1 aliphatic rings. The van der Waals surface area contributed by atoms with E-state index in [0.29, 0.717) is 23.5 Å². The molecular weight excluding hydrogens is 445 g/mol. The number of carboxylic acids is 1. The van der Waals surface area contributed by atoms with Gasteiger partial charge in [0.05, 0.1) is 17.4 Å². The first kappa shape index (κ1) is 24.3. The van der Waals surface area contributed by atoms with Crippen LogP contribution in [0.2, 0.25) is 0 Å². The van der Waals surface area contributed by atoms with E-state index in [2.05, 4.69) is 15.2 Å². The lowest BCUT2D eigenvalue weighted by Crippen LogP contribution is -2.39. The van der Waals surface area contributed by atoms with E-state index < -0.39 is 12.0 Å². The van der Waals surface area contributed by atoms with Crippen LogP contribution in [0.3, 0.4) is 0 Å². The van der Waals surface area contributed by atoms with E-state index in [1.165, 1.54) is 19.1 Å². The van der Waals surface area contributed by atoms with Gasteiger partial charge in [0.2, 0.25) is 5.91 Å². The first-order valence-electron chi connectivity index (χ1n) is 11.7. The number of carboxylic acid groups (broad SMARTS) is 1. The molecule has 0 radical (unpaired) electrons. The standard InChI is InChI=1S/C28H28FN3O3/c1-19(28(34)35)30-26(21-8-3-2-4-9-21)23-10-5-6-11-24(23)31-27(33)25-12-7-17-32(25)18-20-13-15-22(29)16-14-20/h2-6,8-11,13-16,19,25H,7,12,17-18H2,1H3,(H,31,33)(H,34,35)/t19-,25-/m0/s1. The molecule has 1 amide bonds. The molecule has 0 saturated carbocycles. The molecule has 35 heavy (non-hydrogen) atoms. The Morgan fingerprint density at radius 2 is 1.74 bits per heavy atom. The molecule has 4 rings (SSSR count). The molecule has 180 valence electrons. The van der Waals surface area contributed by atoms with Gasteiger partial charge in [-0.2, -0.15) is 0 Å². The molecule has 0 bridgehead atoms. The summed E-state index contributed by atoms with van der Waals surface area (Å²) in [6, 6.07) is 21.7. The highest BCUT2D eigenvalue weighted by Gasteiger charge is 2.31. The predicted molar refractivity (Wildman–Crippen MR) is 134 cm³/mol. The first-order valence-corrected chi connectivity index (χ1v) is 11.7. The number of aliphatic imine (C=N–C) groups is 1. The van der Waals surface area contributed by atoms with Crippen LogP contribution in [0.1, 0.15) is 36.5 Å². The number of rotatable bonds is 8. The van der Waals surface area contributed by atoms with Crippen molar-refractivity contribution in [1.82, 2.24) is 4.90 Å². The number of hydrogen-bond acceptors (Lipinski definition) is 4. The lowest BCUT2D eigenvalue weighted by molar-refractivity contribution is -0.138. The topological polar surface area (TPSA) is 82.0 Å². The minimum absolute atomic E-state index is 0.129. The zero-order chi connectivity index (χ0) is 24.8. The number of halogens is 1. The van der Waals surface area contributed by atoms with Crippen LogP contribution in [0, 0.1) is 5.82 Å². The Balaban J connectivity index is 1.60. The Morgan fingerprint density at radius 1 is 1.06 bits per heavy atom. The zero-order valence-electron chi connectivity index (χ0n) is 19.5. The maximum Gasteiger partial charge on any atom is 0.328 e. The summed E-state index contributed by atoms with van der Waals surface area (Å²) in [5, 5.41) is 12.5.